The molecule has 0 spiro atoms. The standard InChI is InChI=1S/C14H9Br2ClN2O4/c15-8-1-4-13(10(16)5-8)23-7-14(20)18-12-3-2-9(19(21)22)6-11(12)17/h1-6H,7H2,(H,18,20). The van der Waals surface area contributed by atoms with Gasteiger partial charge in [0.15, 0.2) is 6.61 Å². The molecule has 0 aromatic heterocycles. The molecule has 0 radical (unpaired) electrons. The van der Waals surface area contributed by atoms with E-state index in [1.807, 2.05) is 0 Å². The van der Waals surface area contributed by atoms with Crippen LogP contribution in [0.5, 0.6) is 5.75 Å². The van der Waals surface area contributed by atoms with Crippen LogP contribution in [0.4, 0.5) is 11.4 Å². The van der Waals surface area contributed by atoms with Gasteiger partial charge in [0.2, 0.25) is 0 Å². The zero-order valence-corrected chi connectivity index (χ0v) is 15.3. The fourth-order valence-electron chi connectivity index (χ4n) is 1.64. The summed E-state index contributed by atoms with van der Waals surface area (Å²) in [5.41, 5.74) is 0.129. The summed E-state index contributed by atoms with van der Waals surface area (Å²) in [6, 6.07) is 9.08. The molecule has 0 saturated heterocycles. The molecule has 23 heavy (non-hydrogen) atoms. The van der Waals surface area contributed by atoms with E-state index in [4.69, 9.17) is 16.3 Å². The van der Waals surface area contributed by atoms with Gasteiger partial charge in [-0.15, -0.1) is 0 Å². The van der Waals surface area contributed by atoms with Crippen molar-refractivity contribution in [2.24, 2.45) is 0 Å². The zero-order chi connectivity index (χ0) is 17.0. The van der Waals surface area contributed by atoms with E-state index in [-0.39, 0.29) is 23.0 Å². The molecule has 0 unspecified atom stereocenters. The Morgan fingerprint density at radius 3 is 2.61 bits per heavy atom. The molecule has 0 atom stereocenters. The van der Waals surface area contributed by atoms with Crippen LogP contribution in [0, 0.1) is 10.1 Å². The highest BCUT2D eigenvalue weighted by Gasteiger charge is 2.12. The van der Waals surface area contributed by atoms with E-state index in [2.05, 4.69) is 37.2 Å². The van der Waals surface area contributed by atoms with Gasteiger partial charge in [-0.3, -0.25) is 14.9 Å². The van der Waals surface area contributed by atoms with Crippen molar-refractivity contribution >= 4 is 60.7 Å². The number of hydrogen-bond donors (Lipinski definition) is 1. The fraction of sp³-hybridized carbons (Fsp3) is 0.0714. The lowest BCUT2D eigenvalue weighted by atomic mass is 10.3. The number of anilines is 1. The van der Waals surface area contributed by atoms with Crippen LogP contribution >= 0.6 is 43.5 Å². The first-order valence-electron chi connectivity index (χ1n) is 6.18. The van der Waals surface area contributed by atoms with Crippen LogP contribution in [0.15, 0.2) is 45.3 Å². The quantitative estimate of drug-likeness (QED) is 0.510. The number of hydrogen-bond acceptors (Lipinski definition) is 4. The van der Waals surface area contributed by atoms with Gasteiger partial charge in [0.05, 0.1) is 20.1 Å². The molecule has 0 aliphatic rings. The van der Waals surface area contributed by atoms with Crippen molar-refractivity contribution in [2.45, 2.75) is 0 Å². The van der Waals surface area contributed by atoms with Crippen LogP contribution in [0.25, 0.3) is 0 Å². The number of benzene rings is 2. The Hall–Kier alpha value is -1.64. The molecule has 2 aromatic rings. The maximum absolute atomic E-state index is 11.9. The lowest BCUT2D eigenvalue weighted by Gasteiger charge is -2.10. The van der Waals surface area contributed by atoms with Gasteiger partial charge in [-0.25, -0.2) is 0 Å². The third kappa shape index (κ3) is 4.92. The van der Waals surface area contributed by atoms with Crippen LogP contribution in [0.2, 0.25) is 5.02 Å². The van der Waals surface area contributed by atoms with E-state index in [9.17, 15) is 14.9 Å². The maximum atomic E-state index is 11.9. The molecule has 0 aliphatic carbocycles. The lowest BCUT2D eigenvalue weighted by molar-refractivity contribution is -0.384. The SMILES string of the molecule is O=C(COc1ccc(Br)cc1Br)Nc1ccc([N+](=O)[O-])cc1Cl. The molecule has 0 saturated carbocycles. The van der Waals surface area contributed by atoms with Crippen molar-refractivity contribution in [3.05, 3.63) is 60.5 Å². The first kappa shape index (κ1) is 17.7. The summed E-state index contributed by atoms with van der Waals surface area (Å²) in [5, 5.41) is 13.2. The van der Waals surface area contributed by atoms with Gasteiger partial charge in [-0.1, -0.05) is 27.5 Å². The molecular weight excluding hydrogens is 455 g/mol. The summed E-state index contributed by atoms with van der Waals surface area (Å²) >= 11 is 12.5. The summed E-state index contributed by atoms with van der Waals surface area (Å²) in [6.07, 6.45) is 0. The van der Waals surface area contributed by atoms with Gasteiger partial charge in [0, 0.05) is 16.6 Å². The number of nitro groups is 1. The number of carbonyl (C=O) groups is 1. The van der Waals surface area contributed by atoms with Gasteiger partial charge >= 0.3 is 0 Å². The number of nitrogens with one attached hydrogen (secondary N) is 1. The molecule has 1 amide bonds. The third-order valence-corrected chi connectivity index (χ3v) is 4.12. The Balaban J connectivity index is 1.98. The van der Waals surface area contributed by atoms with Gasteiger partial charge in [0.1, 0.15) is 5.75 Å². The fourth-order valence-corrected chi connectivity index (χ4v) is 3.02. The van der Waals surface area contributed by atoms with E-state index in [1.54, 1.807) is 18.2 Å². The second kappa shape index (κ2) is 7.76. The summed E-state index contributed by atoms with van der Waals surface area (Å²) in [7, 11) is 0. The van der Waals surface area contributed by atoms with Crippen molar-refractivity contribution < 1.29 is 14.5 Å². The molecular formula is C14H9Br2ClN2O4. The van der Waals surface area contributed by atoms with Gasteiger partial charge in [0.25, 0.3) is 11.6 Å². The molecule has 0 fully saturated rings. The monoisotopic (exact) mass is 462 g/mol. The number of ether oxygens (including phenoxy) is 1. The highest BCUT2D eigenvalue weighted by molar-refractivity contribution is 9.11. The van der Waals surface area contributed by atoms with Crippen LogP contribution < -0.4 is 10.1 Å². The number of amides is 1. The minimum atomic E-state index is -0.564. The van der Waals surface area contributed by atoms with Crippen molar-refractivity contribution in [1.82, 2.24) is 0 Å². The smallest absolute Gasteiger partial charge is 0.271 e. The average molecular weight is 464 g/mol. The Morgan fingerprint density at radius 1 is 1.26 bits per heavy atom. The molecule has 9 heteroatoms. The third-order valence-electron chi connectivity index (χ3n) is 2.69. The molecule has 0 bridgehead atoms. The first-order valence-corrected chi connectivity index (χ1v) is 8.15. The van der Waals surface area contributed by atoms with Gasteiger partial charge in [-0.05, 0) is 40.2 Å². The predicted molar refractivity (Wildman–Crippen MR) is 94.1 cm³/mol. The Kier molecular flexibility index (Phi) is 5.97. The van der Waals surface area contributed by atoms with Gasteiger partial charge < -0.3 is 10.1 Å². The van der Waals surface area contributed by atoms with Crippen LogP contribution in [0.3, 0.4) is 0 Å². The molecule has 2 rings (SSSR count). The molecule has 6 nitrogen and oxygen atoms in total. The van der Waals surface area contributed by atoms with E-state index in [1.165, 1.54) is 18.2 Å². The topological polar surface area (TPSA) is 81.5 Å². The van der Waals surface area contributed by atoms with Crippen LogP contribution in [0.1, 0.15) is 0 Å². The van der Waals surface area contributed by atoms with E-state index >= 15 is 0 Å². The van der Waals surface area contributed by atoms with Crippen molar-refractivity contribution in [1.29, 1.82) is 0 Å². The summed E-state index contributed by atoms with van der Waals surface area (Å²) < 4.78 is 6.97. The minimum Gasteiger partial charge on any atom is -0.483 e. The minimum absolute atomic E-state index is 0.0809. The summed E-state index contributed by atoms with van der Waals surface area (Å²) in [6.45, 7) is -0.229. The second-order valence-electron chi connectivity index (χ2n) is 4.33. The number of nitro benzene ring substituents is 1. The first-order chi connectivity index (χ1) is 10.9. The van der Waals surface area contributed by atoms with E-state index in [0.29, 0.717) is 10.2 Å². The number of rotatable bonds is 5. The number of nitrogens with zero attached hydrogens (tertiary/aromatic N) is 1. The maximum Gasteiger partial charge on any atom is 0.271 e. The number of halogens is 3. The largest absolute Gasteiger partial charge is 0.483 e. The van der Waals surface area contributed by atoms with E-state index in [0.717, 1.165) is 4.47 Å². The van der Waals surface area contributed by atoms with Crippen LogP contribution in [-0.2, 0) is 4.79 Å². The highest BCUT2D eigenvalue weighted by atomic mass is 79.9. The van der Waals surface area contributed by atoms with Crippen LogP contribution in [-0.4, -0.2) is 17.4 Å². The number of non-ortho nitro benzene ring substituents is 1. The molecule has 0 heterocycles. The van der Waals surface area contributed by atoms with Gasteiger partial charge in [-0.2, -0.15) is 0 Å². The Bertz CT molecular complexity index is 770. The summed E-state index contributed by atoms with van der Waals surface area (Å²) in [5.74, 6) is 0.0775. The lowest BCUT2D eigenvalue weighted by Crippen LogP contribution is -2.20. The predicted octanol–water partition coefficient (Wildman–Crippen LogP) is 4.79. The highest BCUT2D eigenvalue weighted by Crippen LogP contribution is 2.29. The normalized spacial score (nSPS) is 10.2. The Morgan fingerprint density at radius 2 is 2.00 bits per heavy atom. The van der Waals surface area contributed by atoms with Crippen molar-refractivity contribution in [2.75, 3.05) is 11.9 Å². The van der Waals surface area contributed by atoms with Crippen molar-refractivity contribution in [3.8, 4) is 5.75 Å². The molecule has 120 valence electrons. The summed E-state index contributed by atoms with van der Waals surface area (Å²) in [4.78, 5) is 22.0. The Labute approximate surface area is 153 Å². The second-order valence-corrected chi connectivity index (χ2v) is 6.51. The van der Waals surface area contributed by atoms with E-state index < -0.39 is 10.8 Å². The number of carbonyl (C=O) groups excluding carboxylic acids is 1. The zero-order valence-electron chi connectivity index (χ0n) is 11.4. The molecule has 2 aromatic carbocycles. The molecule has 0 aliphatic heterocycles. The van der Waals surface area contributed by atoms with Crippen molar-refractivity contribution in [3.63, 3.8) is 0 Å². The molecule has 1 N–H and O–H groups in total. The average Bonchev–Trinajstić information content (AvgIpc) is 2.48.